The van der Waals surface area contributed by atoms with Crippen molar-refractivity contribution in [1.29, 1.82) is 0 Å². The van der Waals surface area contributed by atoms with Gasteiger partial charge in [-0.25, -0.2) is 0 Å². The van der Waals surface area contributed by atoms with Gasteiger partial charge in [0.1, 0.15) is 0 Å². The average molecular weight is 255 g/mol. The van der Waals surface area contributed by atoms with Gasteiger partial charge in [-0.3, -0.25) is 9.69 Å². The number of amides is 1. The molecule has 1 atom stereocenters. The lowest BCUT2D eigenvalue weighted by molar-refractivity contribution is -0.133. The van der Waals surface area contributed by atoms with Crippen LogP contribution in [0.25, 0.3) is 0 Å². The number of hydrogen-bond donors (Lipinski definition) is 1. The van der Waals surface area contributed by atoms with Crippen molar-refractivity contribution < 1.29 is 4.79 Å². The van der Waals surface area contributed by atoms with Crippen molar-refractivity contribution >= 4 is 5.91 Å². The quantitative estimate of drug-likeness (QED) is 0.774. The Morgan fingerprint density at radius 2 is 2.22 bits per heavy atom. The van der Waals surface area contributed by atoms with E-state index in [1.54, 1.807) is 0 Å². The molecule has 4 nitrogen and oxygen atoms in total. The van der Waals surface area contributed by atoms with Crippen LogP contribution >= 0.6 is 0 Å². The van der Waals surface area contributed by atoms with E-state index in [0.29, 0.717) is 18.5 Å². The fraction of sp³-hybridized carbons (Fsp3) is 0.929. The van der Waals surface area contributed by atoms with E-state index in [1.165, 1.54) is 12.8 Å². The Bertz CT molecular complexity index is 255. The fourth-order valence-electron chi connectivity index (χ4n) is 2.40. The second kappa shape index (κ2) is 7.74. The molecule has 0 radical (unpaired) electrons. The Kier molecular flexibility index (Phi) is 6.65. The summed E-state index contributed by atoms with van der Waals surface area (Å²) in [6.45, 7) is 11.1. The predicted octanol–water partition coefficient (Wildman–Crippen LogP) is 1.17. The summed E-state index contributed by atoms with van der Waals surface area (Å²) in [6, 6.07) is 0.292. The van der Waals surface area contributed by atoms with Gasteiger partial charge in [0.05, 0.1) is 6.54 Å². The summed E-state index contributed by atoms with van der Waals surface area (Å²) in [7, 11) is 1.90. The van der Waals surface area contributed by atoms with Crippen LogP contribution in [-0.2, 0) is 4.79 Å². The van der Waals surface area contributed by atoms with Crippen molar-refractivity contribution in [1.82, 2.24) is 15.1 Å². The topological polar surface area (TPSA) is 35.6 Å². The molecule has 1 saturated heterocycles. The first-order chi connectivity index (χ1) is 8.54. The Morgan fingerprint density at radius 1 is 1.50 bits per heavy atom. The van der Waals surface area contributed by atoms with Crippen LogP contribution in [-0.4, -0.2) is 61.5 Å². The summed E-state index contributed by atoms with van der Waals surface area (Å²) in [6.07, 6.45) is 2.51. The number of nitrogens with zero attached hydrogens (tertiary/aromatic N) is 2. The number of piperidine rings is 1. The highest BCUT2D eigenvalue weighted by Gasteiger charge is 2.22. The van der Waals surface area contributed by atoms with Gasteiger partial charge in [0.15, 0.2) is 0 Å². The van der Waals surface area contributed by atoms with Crippen molar-refractivity contribution in [2.45, 2.75) is 39.7 Å². The maximum absolute atomic E-state index is 12.0. The van der Waals surface area contributed by atoms with Crippen LogP contribution in [0, 0.1) is 5.92 Å². The molecule has 0 aromatic carbocycles. The summed E-state index contributed by atoms with van der Waals surface area (Å²) >= 11 is 0. The lowest BCUT2D eigenvalue weighted by Crippen LogP contribution is -2.46. The third kappa shape index (κ3) is 4.94. The highest BCUT2D eigenvalue weighted by molar-refractivity contribution is 5.78. The SMILES string of the molecule is CCNCC1CCCN(CC(=O)N(C)C(C)C)C1. The van der Waals surface area contributed by atoms with Crippen molar-refractivity contribution in [2.75, 3.05) is 39.8 Å². The molecule has 1 aliphatic heterocycles. The summed E-state index contributed by atoms with van der Waals surface area (Å²) in [5.74, 6) is 0.949. The lowest BCUT2D eigenvalue weighted by atomic mass is 9.98. The minimum atomic E-state index is 0.245. The molecule has 0 aromatic heterocycles. The van der Waals surface area contributed by atoms with Crippen LogP contribution in [0.5, 0.6) is 0 Å². The highest BCUT2D eigenvalue weighted by Crippen LogP contribution is 2.15. The van der Waals surface area contributed by atoms with Crippen molar-refractivity contribution in [2.24, 2.45) is 5.92 Å². The van der Waals surface area contributed by atoms with Crippen molar-refractivity contribution in [3.8, 4) is 0 Å². The minimum absolute atomic E-state index is 0.245. The first-order valence-corrected chi connectivity index (χ1v) is 7.23. The largest absolute Gasteiger partial charge is 0.342 e. The summed E-state index contributed by atoms with van der Waals surface area (Å²) in [4.78, 5) is 16.2. The predicted molar refractivity (Wildman–Crippen MR) is 75.6 cm³/mol. The van der Waals surface area contributed by atoms with Gasteiger partial charge in [-0.05, 0) is 52.2 Å². The number of hydrogen-bond acceptors (Lipinski definition) is 3. The van der Waals surface area contributed by atoms with Crippen LogP contribution in [0.1, 0.15) is 33.6 Å². The first kappa shape index (κ1) is 15.4. The molecule has 18 heavy (non-hydrogen) atoms. The van der Waals surface area contributed by atoms with Crippen LogP contribution in [0.2, 0.25) is 0 Å². The molecule has 106 valence electrons. The number of likely N-dealkylation sites (tertiary alicyclic amines) is 1. The standard InChI is InChI=1S/C14H29N3O/c1-5-15-9-13-7-6-8-17(10-13)11-14(18)16(4)12(2)3/h12-13,15H,5-11H2,1-4H3. The maximum atomic E-state index is 12.0. The molecule has 1 heterocycles. The van der Waals surface area contributed by atoms with Gasteiger partial charge in [0.2, 0.25) is 5.91 Å². The molecule has 1 N–H and O–H groups in total. The van der Waals surface area contributed by atoms with E-state index in [-0.39, 0.29) is 5.91 Å². The Labute approximate surface area is 112 Å². The zero-order chi connectivity index (χ0) is 13.5. The van der Waals surface area contributed by atoms with Crippen LogP contribution in [0.15, 0.2) is 0 Å². The molecule has 0 spiro atoms. The smallest absolute Gasteiger partial charge is 0.236 e. The van der Waals surface area contributed by atoms with Crippen molar-refractivity contribution in [3.05, 3.63) is 0 Å². The van der Waals surface area contributed by atoms with E-state index < -0.39 is 0 Å². The van der Waals surface area contributed by atoms with Crippen LogP contribution in [0.3, 0.4) is 0 Å². The number of carbonyl (C=O) groups is 1. The minimum Gasteiger partial charge on any atom is -0.342 e. The fourth-order valence-corrected chi connectivity index (χ4v) is 2.40. The Hall–Kier alpha value is -0.610. The van der Waals surface area contributed by atoms with Crippen LogP contribution < -0.4 is 5.32 Å². The average Bonchev–Trinajstić information content (AvgIpc) is 2.35. The molecule has 1 rings (SSSR count). The normalized spacial score (nSPS) is 21.3. The van der Waals surface area contributed by atoms with E-state index in [4.69, 9.17) is 0 Å². The van der Waals surface area contributed by atoms with Gasteiger partial charge in [-0.2, -0.15) is 0 Å². The summed E-state index contributed by atoms with van der Waals surface area (Å²) < 4.78 is 0. The van der Waals surface area contributed by atoms with Crippen molar-refractivity contribution in [3.63, 3.8) is 0 Å². The van der Waals surface area contributed by atoms with Gasteiger partial charge in [-0.15, -0.1) is 0 Å². The summed E-state index contributed by atoms with van der Waals surface area (Å²) in [5, 5.41) is 3.41. The van der Waals surface area contributed by atoms with Gasteiger partial charge in [0.25, 0.3) is 0 Å². The van der Waals surface area contributed by atoms with E-state index in [9.17, 15) is 4.79 Å². The van der Waals surface area contributed by atoms with Gasteiger partial charge in [0, 0.05) is 19.6 Å². The number of rotatable bonds is 6. The second-order valence-electron chi connectivity index (χ2n) is 5.65. The molecule has 4 heteroatoms. The van der Waals surface area contributed by atoms with E-state index in [0.717, 1.165) is 26.2 Å². The van der Waals surface area contributed by atoms with E-state index in [1.807, 2.05) is 11.9 Å². The van der Waals surface area contributed by atoms with Gasteiger partial charge < -0.3 is 10.2 Å². The third-order valence-electron chi connectivity index (χ3n) is 3.81. The molecule has 1 amide bonds. The third-order valence-corrected chi connectivity index (χ3v) is 3.81. The Balaban J connectivity index is 2.35. The van der Waals surface area contributed by atoms with Crippen LogP contribution in [0.4, 0.5) is 0 Å². The van der Waals surface area contributed by atoms with E-state index >= 15 is 0 Å². The molecule has 0 bridgehead atoms. The maximum Gasteiger partial charge on any atom is 0.236 e. The number of nitrogens with one attached hydrogen (secondary N) is 1. The van der Waals surface area contributed by atoms with Gasteiger partial charge in [-0.1, -0.05) is 6.92 Å². The molecular formula is C14H29N3O. The monoisotopic (exact) mass is 255 g/mol. The zero-order valence-electron chi connectivity index (χ0n) is 12.4. The molecule has 0 aliphatic carbocycles. The first-order valence-electron chi connectivity index (χ1n) is 7.23. The molecule has 0 saturated carbocycles. The number of carbonyl (C=O) groups excluding carboxylic acids is 1. The molecule has 1 unspecified atom stereocenters. The summed E-state index contributed by atoms with van der Waals surface area (Å²) in [5.41, 5.74) is 0. The molecular weight excluding hydrogens is 226 g/mol. The zero-order valence-corrected chi connectivity index (χ0v) is 12.4. The Morgan fingerprint density at radius 3 is 2.83 bits per heavy atom. The lowest BCUT2D eigenvalue weighted by Gasteiger charge is -2.34. The molecule has 0 aromatic rings. The second-order valence-corrected chi connectivity index (χ2v) is 5.65. The van der Waals surface area contributed by atoms with E-state index in [2.05, 4.69) is 31.0 Å². The molecule has 1 aliphatic rings. The number of likely N-dealkylation sites (N-methyl/N-ethyl adjacent to an activating group) is 1. The highest BCUT2D eigenvalue weighted by atomic mass is 16.2. The van der Waals surface area contributed by atoms with Gasteiger partial charge >= 0.3 is 0 Å². The molecule has 1 fully saturated rings.